The number of aromatic amines is 1. The number of rotatable bonds is 6. The summed E-state index contributed by atoms with van der Waals surface area (Å²) < 4.78 is 6.05. The number of carbonyl (C=O) groups is 1. The Hall–Kier alpha value is -3.03. The third-order valence-corrected chi connectivity index (χ3v) is 3.94. The number of hydroxylamine groups is 1. The second-order valence-electron chi connectivity index (χ2n) is 5.29. The normalized spacial score (nSPS) is 11.8. The monoisotopic (exact) mass is 373 g/mol. The number of anilines is 1. The van der Waals surface area contributed by atoms with Crippen LogP contribution in [0.25, 0.3) is 0 Å². The molecule has 1 atom stereocenters. The first-order valence-electron chi connectivity index (χ1n) is 7.67. The minimum Gasteiger partial charge on any atom is -0.465 e. The van der Waals surface area contributed by atoms with E-state index in [1.165, 1.54) is 7.11 Å². The molecule has 0 fully saturated rings. The van der Waals surface area contributed by atoms with Gasteiger partial charge in [-0.15, -0.1) is 0 Å². The van der Waals surface area contributed by atoms with Gasteiger partial charge >= 0.3 is 6.09 Å². The quantitative estimate of drug-likeness (QED) is 0.630. The van der Waals surface area contributed by atoms with Gasteiger partial charge < -0.3 is 9.84 Å². The van der Waals surface area contributed by atoms with E-state index in [2.05, 4.69) is 10.2 Å². The van der Waals surface area contributed by atoms with Crippen LogP contribution in [0.2, 0.25) is 5.02 Å². The summed E-state index contributed by atoms with van der Waals surface area (Å²) in [5, 5.41) is 17.4. The van der Waals surface area contributed by atoms with E-state index in [9.17, 15) is 9.90 Å². The van der Waals surface area contributed by atoms with E-state index in [-0.39, 0.29) is 0 Å². The molecule has 2 N–H and O–H groups in total. The smallest absolute Gasteiger partial charge is 0.436 e. The summed E-state index contributed by atoms with van der Waals surface area (Å²) in [5.41, 5.74) is 1.74. The SMILES string of the molecule is CON(C(=O)O)c1ccccc1C(Oc1ccn[nH]1)c1ccc(Cl)cc1. The van der Waals surface area contributed by atoms with Crippen LogP contribution in [0.1, 0.15) is 17.2 Å². The zero-order valence-electron chi connectivity index (χ0n) is 13.8. The fourth-order valence-corrected chi connectivity index (χ4v) is 2.68. The molecule has 8 heteroatoms. The van der Waals surface area contributed by atoms with E-state index in [0.29, 0.717) is 22.2 Å². The van der Waals surface area contributed by atoms with Crippen LogP contribution in [-0.4, -0.2) is 28.5 Å². The average molecular weight is 374 g/mol. The van der Waals surface area contributed by atoms with Crippen molar-refractivity contribution in [3.8, 4) is 5.88 Å². The van der Waals surface area contributed by atoms with Gasteiger partial charge in [0.05, 0.1) is 19.0 Å². The zero-order valence-corrected chi connectivity index (χ0v) is 14.6. The lowest BCUT2D eigenvalue weighted by Gasteiger charge is -2.25. The molecule has 0 saturated carbocycles. The largest absolute Gasteiger partial charge is 0.465 e. The van der Waals surface area contributed by atoms with Gasteiger partial charge in [0.25, 0.3) is 0 Å². The molecule has 1 aromatic heterocycles. The Labute approximate surface area is 154 Å². The molecule has 1 heterocycles. The molecule has 26 heavy (non-hydrogen) atoms. The molecule has 1 amide bonds. The predicted molar refractivity (Wildman–Crippen MR) is 96.5 cm³/mol. The predicted octanol–water partition coefficient (Wildman–Crippen LogP) is 4.28. The summed E-state index contributed by atoms with van der Waals surface area (Å²) in [7, 11) is 1.29. The molecule has 0 aliphatic carbocycles. The number of hydrogen-bond donors (Lipinski definition) is 2. The lowest BCUT2D eigenvalue weighted by atomic mass is 9.99. The van der Waals surface area contributed by atoms with Gasteiger partial charge in [-0.05, 0) is 23.8 Å². The van der Waals surface area contributed by atoms with Crippen molar-refractivity contribution < 1.29 is 19.5 Å². The Morgan fingerprint density at radius 3 is 2.54 bits per heavy atom. The highest BCUT2D eigenvalue weighted by Crippen LogP contribution is 2.34. The summed E-state index contributed by atoms with van der Waals surface area (Å²) in [6, 6.07) is 15.7. The third kappa shape index (κ3) is 3.79. The van der Waals surface area contributed by atoms with Crippen molar-refractivity contribution in [3.05, 3.63) is 76.9 Å². The molecule has 3 rings (SSSR count). The maximum absolute atomic E-state index is 11.5. The fraction of sp³-hybridized carbons (Fsp3) is 0.111. The number of ether oxygens (including phenoxy) is 1. The van der Waals surface area contributed by atoms with Gasteiger partial charge in [-0.2, -0.15) is 10.2 Å². The number of amides is 1. The van der Waals surface area contributed by atoms with Crippen LogP contribution in [-0.2, 0) is 4.84 Å². The highest BCUT2D eigenvalue weighted by molar-refractivity contribution is 6.30. The van der Waals surface area contributed by atoms with Crippen molar-refractivity contribution in [3.63, 3.8) is 0 Å². The van der Waals surface area contributed by atoms with Crippen molar-refractivity contribution in [1.29, 1.82) is 0 Å². The van der Waals surface area contributed by atoms with Gasteiger partial charge in [-0.25, -0.2) is 9.89 Å². The molecular weight excluding hydrogens is 358 g/mol. The molecule has 0 aliphatic heterocycles. The average Bonchev–Trinajstić information content (AvgIpc) is 3.15. The number of hydrogen-bond acceptors (Lipinski definition) is 4. The summed E-state index contributed by atoms with van der Waals surface area (Å²) in [6.07, 6.45) is -0.281. The van der Waals surface area contributed by atoms with Crippen LogP contribution < -0.4 is 9.80 Å². The van der Waals surface area contributed by atoms with Crippen molar-refractivity contribution in [2.75, 3.05) is 12.2 Å². The van der Waals surface area contributed by atoms with Gasteiger partial charge in [0.1, 0.15) is 0 Å². The molecule has 0 radical (unpaired) electrons. The van der Waals surface area contributed by atoms with Crippen LogP contribution in [0.15, 0.2) is 60.8 Å². The van der Waals surface area contributed by atoms with Crippen LogP contribution in [0.5, 0.6) is 5.88 Å². The summed E-state index contributed by atoms with van der Waals surface area (Å²) in [4.78, 5) is 16.5. The van der Waals surface area contributed by atoms with Crippen molar-refractivity contribution in [2.24, 2.45) is 0 Å². The number of nitrogens with zero attached hydrogens (tertiary/aromatic N) is 2. The molecule has 2 aromatic carbocycles. The lowest BCUT2D eigenvalue weighted by molar-refractivity contribution is 0.129. The first-order chi connectivity index (χ1) is 12.6. The molecule has 0 saturated heterocycles. The number of para-hydroxylation sites is 1. The number of aromatic nitrogens is 2. The fourth-order valence-electron chi connectivity index (χ4n) is 2.56. The molecular formula is C18H16ClN3O4. The first-order valence-corrected chi connectivity index (χ1v) is 8.05. The third-order valence-electron chi connectivity index (χ3n) is 3.69. The minimum atomic E-state index is -1.24. The molecule has 1 unspecified atom stereocenters. The Kier molecular flexibility index (Phi) is 5.40. The van der Waals surface area contributed by atoms with Gasteiger partial charge in [-0.1, -0.05) is 41.9 Å². The van der Waals surface area contributed by atoms with Crippen molar-refractivity contribution in [2.45, 2.75) is 6.10 Å². The van der Waals surface area contributed by atoms with Crippen molar-refractivity contribution >= 4 is 23.4 Å². The van der Waals surface area contributed by atoms with Crippen LogP contribution in [0, 0.1) is 0 Å². The highest BCUT2D eigenvalue weighted by atomic mass is 35.5. The zero-order chi connectivity index (χ0) is 18.5. The molecule has 0 bridgehead atoms. The summed E-state index contributed by atoms with van der Waals surface area (Å²) >= 11 is 5.99. The van der Waals surface area contributed by atoms with Gasteiger partial charge in [0.15, 0.2) is 6.10 Å². The Bertz CT molecular complexity index is 868. The number of nitrogens with one attached hydrogen (secondary N) is 1. The van der Waals surface area contributed by atoms with Crippen molar-refractivity contribution in [1.82, 2.24) is 10.2 Å². The molecule has 0 aliphatic rings. The van der Waals surface area contributed by atoms with Gasteiger partial charge in [0, 0.05) is 16.7 Å². The van der Waals surface area contributed by atoms with E-state index >= 15 is 0 Å². The first kappa shape index (κ1) is 17.8. The standard InChI is InChI=1S/C18H16ClN3O4/c1-25-22(18(23)24)15-5-3-2-4-14(15)17(26-16-10-11-20-21-16)12-6-8-13(19)9-7-12/h2-11,17H,1H3,(H,20,21)(H,23,24). The number of carboxylic acid groups (broad SMARTS) is 1. The Morgan fingerprint density at radius 1 is 1.19 bits per heavy atom. The topological polar surface area (TPSA) is 87.7 Å². The Balaban J connectivity index is 2.10. The summed E-state index contributed by atoms with van der Waals surface area (Å²) in [5.74, 6) is 0.444. The van der Waals surface area contributed by atoms with Gasteiger partial charge in [0.2, 0.25) is 5.88 Å². The highest BCUT2D eigenvalue weighted by Gasteiger charge is 2.25. The van der Waals surface area contributed by atoms with E-state index < -0.39 is 12.2 Å². The minimum absolute atomic E-state index is 0.349. The molecule has 7 nitrogen and oxygen atoms in total. The number of H-pyrrole nitrogens is 1. The van der Waals surface area contributed by atoms with Gasteiger partial charge in [-0.3, -0.25) is 4.84 Å². The number of halogens is 1. The maximum Gasteiger partial charge on any atom is 0.436 e. The van der Waals surface area contributed by atoms with Crippen LogP contribution in [0.3, 0.4) is 0 Å². The van der Waals surface area contributed by atoms with E-state index in [4.69, 9.17) is 21.2 Å². The number of benzene rings is 2. The van der Waals surface area contributed by atoms with E-state index in [1.54, 1.807) is 48.7 Å². The second kappa shape index (κ2) is 7.90. The molecule has 0 spiro atoms. The van der Waals surface area contributed by atoms with E-state index in [0.717, 1.165) is 10.6 Å². The lowest BCUT2D eigenvalue weighted by Crippen LogP contribution is -2.29. The molecule has 3 aromatic rings. The van der Waals surface area contributed by atoms with Crippen LogP contribution >= 0.6 is 11.6 Å². The van der Waals surface area contributed by atoms with E-state index in [1.807, 2.05) is 12.1 Å². The summed E-state index contributed by atoms with van der Waals surface area (Å²) in [6.45, 7) is 0. The Morgan fingerprint density at radius 2 is 1.92 bits per heavy atom. The second-order valence-corrected chi connectivity index (χ2v) is 5.73. The van der Waals surface area contributed by atoms with Crippen LogP contribution in [0.4, 0.5) is 10.5 Å². The maximum atomic E-state index is 11.5. The molecule has 134 valence electrons.